The number of nitrogens with one attached hydrogen (secondary N) is 1. The number of hydrogen-bond acceptors (Lipinski definition) is 6. The first-order valence-corrected chi connectivity index (χ1v) is 7.57. The Morgan fingerprint density at radius 1 is 1.22 bits per heavy atom. The van der Waals surface area contributed by atoms with Crippen molar-refractivity contribution >= 4 is 17.9 Å². The molecule has 0 aromatic rings. The third-order valence-corrected chi connectivity index (χ3v) is 2.94. The van der Waals surface area contributed by atoms with Crippen LogP contribution < -0.4 is 5.32 Å². The Bertz CT molecular complexity index is 476. The maximum Gasteiger partial charge on any atom is 0.410 e. The summed E-state index contributed by atoms with van der Waals surface area (Å²) in [4.78, 5) is 25.2. The highest BCUT2D eigenvalue weighted by Crippen LogP contribution is 2.18. The maximum atomic E-state index is 12.0. The van der Waals surface area contributed by atoms with Gasteiger partial charge in [-0.25, -0.2) is 9.59 Å². The number of amides is 2. The molecule has 1 aliphatic rings. The zero-order valence-electron chi connectivity index (χ0n) is 14.7. The molecule has 0 aromatic carbocycles. The van der Waals surface area contributed by atoms with Crippen LogP contribution in [0.2, 0.25) is 0 Å². The number of nitrogens with zero attached hydrogens (tertiary/aromatic N) is 2. The maximum absolute atomic E-state index is 12.0. The molecular formula is C15H27N3O5. The Kier molecular flexibility index (Phi) is 5.85. The molecule has 0 bridgehead atoms. The number of rotatable bonds is 2. The predicted octanol–water partition coefficient (Wildman–Crippen LogP) is 2.21. The molecule has 1 aliphatic heterocycles. The molecule has 0 radical (unpaired) electrons. The highest BCUT2D eigenvalue weighted by atomic mass is 16.6. The summed E-state index contributed by atoms with van der Waals surface area (Å²) in [5.74, 6) is -0.278. The van der Waals surface area contributed by atoms with E-state index >= 15 is 0 Å². The number of carbonyl (C=O) groups is 2. The van der Waals surface area contributed by atoms with Gasteiger partial charge in [-0.15, -0.1) is 0 Å². The average Bonchev–Trinajstić information content (AvgIpc) is 2.75. The number of hydrogen-bond donors (Lipinski definition) is 2. The highest BCUT2D eigenvalue weighted by Gasteiger charge is 2.35. The van der Waals surface area contributed by atoms with Crippen LogP contribution in [0.1, 0.15) is 41.5 Å². The van der Waals surface area contributed by atoms with Crippen LogP contribution in [0.4, 0.5) is 9.59 Å². The summed E-state index contributed by atoms with van der Waals surface area (Å²) in [5.41, 5.74) is -0.761. The monoisotopic (exact) mass is 329 g/mol. The Morgan fingerprint density at radius 2 is 1.78 bits per heavy atom. The second-order valence-electron chi connectivity index (χ2n) is 7.53. The van der Waals surface area contributed by atoms with Crippen LogP contribution in [0.25, 0.3) is 0 Å². The SMILES string of the molecule is CC(C)(C)OC(=O)NC[C@H]1CN(C(=O)OC(C)(C)C)C/C1=N/O. The minimum Gasteiger partial charge on any atom is -0.444 e. The first-order chi connectivity index (χ1) is 10.4. The van der Waals surface area contributed by atoms with Crippen molar-refractivity contribution < 1.29 is 24.3 Å². The third kappa shape index (κ3) is 6.75. The van der Waals surface area contributed by atoms with Crippen LogP contribution in [0, 0.1) is 5.92 Å². The molecule has 132 valence electrons. The standard InChI is InChI=1S/C15H27N3O5/c1-14(2,3)22-12(19)16-7-10-8-18(9-11(10)17-21)13(20)23-15(4,5)6/h10,21H,7-9H2,1-6H3,(H,16,19)/b17-11-/t10-/m0/s1. The van der Waals surface area contributed by atoms with Gasteiger partial charge in [0.15, 0.2) is 0 Å². The van der Waals surface area contributed by atoms with Gasteiger partial charge in [-0.2, -0.15) is 0 Å². The summed E-state index contributed by atoms with van der Waals surface area (Å²) in [6, 6.07) is 0. The Balaban J connectivity index is 2.57. The first kappa shape index (κ1) is 19.1. The van der Waals surface area contributed by atoms with Crippen molar-refractivity contribution in [1.82, 2.24) is 10.2 Å². The van der Waals surface area contributed by atoms with Gasteiger partial charge in [0.25, 0.3) is 0 Å². The fraction of sp³-hybridized carbons (Fsp3) is 0.800. The van der Waals surface area contributed by atoms with Crippen LogP contribution in [-0.4, -0.2) is 58.8 Å². The summed E-state index contributed by atoms with van der Waals surface area (Å²) in [7, 11) is 0. The lowest BCUT2D eigenvalue weighted by Crippen LogP contribution is -2.38. The fourth-order valence-electron chi connectivity index (χ4n) is 2.04. The molecule has 8 nitrogen and oxygen atoms in total. The van der Waals surface area contributed by atoms with Crippen molar-refractivity contribution in [2.24, 2.45) is 11.1 Å². The van der Waals surface area contributed by atoms with Gasteiger partial charge in [0.2, 0.25) is 0 Å². The quantitative estimate of drug-likeness (QED) is 0.597. The van der Waals surface area contributed by atoms with E-state index < -0.39 is 23.4 Å². The minimum absolute atomic E-state index is 0.173. The van der Waals surface area contributed by atoms with Gasteiger partial charge in [0.05, 0.1) is 12.3 Å². The molecule has 2 amide bonds. The normalized spacial score (nSPS) is 20.5. The predicted molar refractivity (Wildman–Crippen MR) is 84.8 cm³/mol. The molecule has 23 heavy (non-hydrogen) atoms. The van der Waals surface area contributed by atoms with Crippen LogP contribution in [0.5, 0.6) is 0 Å². The number of oxime groups is 1. The molecule has 8 heteroatoms. The molecule has 2 N–H and O–H groups in total. The van der Waals surface area contributed by atoms with Crippen molar-refractivity contribution in [3.63, 3.8) is 0 Å². The minimum atomic E-state index is -0.597. The average molecular weight is 329 g/mol. The topological polar surface area (TPSA) is 100 Å². The summed E-state index contributed by atoms with van der Waals surface area (Å²) in [6.07, 6.45) is -1.02. The molecule has 0 saturated carbocycles. The van der Waals surface area contributed by atoms with E-state index in [1.807, 2.05) is 0 Å². The zero-order chi connectivity index (χ0) is 17.8. The van der Waals surface area contributed by atoms with Gasteiger partial charge >= 0.3 is 12.2 Å². The van der Waals surface area contributed by atoms with E-state index in [-0.39, 0.29) is 19.0 Å². The lowest BCUT2D eigenvalue weighted by atomic mass is 10.1. The van der Waals surface area contributed by atoms with Crippen molar-refractivity contribution in [2.75, 3.05) is 19.6 Å². The smallest absolute Gasteiger partial charge is 0.410 e. The molecule has 1 rings (SSSR count). The lowest BCUT2D eigenvalue weighted by molar-refractivity contribution is 0.0292. The van der Waals surface area contributed by atoms with E-state index in [0.29, 0.717) is 12.3 Å². The molecule has 1 saturated heterocycles. The van der Waals surface area contributed by atoms with Gasteiger partial charge in [0.1, 0.15) is 11.2 Å². The van der Waals surface area contributed by atoms with Crippen molar-refractivity contribution in [3.8, 4) is 0 Å². The molecule has 0 unspecified atom stereocenters. The highest BCUT2D eigenvalue weighted by molar-refractivity contribution is 5.94. The number of ether oxygens (including phenoxy) is 2. The third-order valence-electron chi connectivity index (χ3n) is 2.94. The fourth-order valence-corrected chi connectivity index (χ4v) is 2.04. The van der Waals surface area contributed by atoms with E-state index in [4.69, 9.17) is 14.7 Å². The van der Waals surface area contributed by atoms with E-state index in [0.717, 1.165) is 0 Å². The van der Waals surface area contributed by atoms with Gasteiger partial charge in [0, 0.05) is 19.0 Å². The van der Waals surface area contributed by atoms with Gasteiger partial charge in [-0.05, 0) is 41.5 Å². The van der Waals surface area contributed by atoms with E-state index in [1.54, 1.807) is 41.5 Å². The second-order valence-corrected chi connectivity index (χ2v) is 7.53. The second kappa shape index (κ2) is 7.06. The first-order valence-electron chi connectivity index (χ1n) is 7.57. The Labute approximate surface area is 136 Å². The van der Waals surface area contributed by atoms with Gasteiger partial charge in [-0.1, -0.05) is 5.16 Å². The molecule has 1 atom stereocenters. The Hall–Kier alpha value is -1.99. The molecule has 1 fully saturated rings. The summed E-state index contributed by atoms with van der Waals surface area (Å²) >= 11 is 0. The summed E-state index contributed by atoms with van der Waals surface area (Å²) in [6.45, 7) is 11.4. The number of likely N-dealkylation sites (tertiary alicyclic amines) is 1. The number of alkyl carbamates (subject to hydrolysis) is 1. The molecule has 1 heterocycles. The lowest BCUT2D eigenvalue weighted by Gasteiger charge is -2.24. The van der Waals surface area contributed by atoms with Crippen LogP contribution in [0.3, 0.4) is 0 Å². The van der Waals surface area contributed by atoms with Gasteiger partial charge < -0.3 is 24.9 Å². The number of carbonyl (C=O) groups excluding carboxylic acids is 2. The van der Waals surface area contributed by atoms with Crippen LogP contribution >= 0.6 is 0 Å². The molecule has 0 aromatic heterocycles. The zero-order valence-corrected chi connectivity index (χ0v) is 14.7. The molecular weight excluding hydrogens is 302 g/mol. The summed E-state index contributed by atoms with van der Waals surface area (Å²) in [5, 5.41) is 14.9. The largest absolute Gasteiger partial charge is 0.444 e. The van der Waals surface area contributed by atoms with Gasteiger partial charge in [-0.3, -0.25) is 0 Å². The van der Waals surface area contributed by atoms with Crippen molar-refractivity contribution in [3.05, 3.63) is 0 Å². The van der Waals surface area contributed by atoms with Crippen LogP contribution in [-0.2, 0) is 9.47 Å². The van der Waals surface area contributed by atoms with Crippen molar-refractivity contribution in [2.45, 2.75) is 52.7 Å². The Morgan fingerprint density at radius 3 is 2.26 bits per heavy atom. The summed E-state index contributed by atoms with van der Waals surface area (Å²) < 4.78 is 10.4. The molecule has 0 spiro atoms. The van der Waals surface area contributed by atoms with E-state index in [2.05, 4.69) is 10.5 Å². The van der Waals surface area contributed by atoms with E-state index in [1.165, 1.54) is 4.90 Å². The van der Waals surface area contributed by atoms with Crippen LogP contribution in [0.15, 0.2) is 5.16 Å². The van der Waals surface area contributed by atoms with Crippen molar-refractivity contribution in [1.29, 1.82) is 0 Å². The molecule has 0 aliphatic carbocycles. The van der Waals surface area contributed by atoms with E-state index in [9.17, 15) is 9.59 Å².